The van der Waals surface area contributed by atoms with Crippen molar-refractivity contribution < 1.29 is 14.7 Å². The van der Waals surface area contributed by atoms with Gasteiger partial charge in [-0.1, -0.05) is 5.92 Å². The molecule has 48 valence electrons. The van der Waals surface area contributed by atoms with E-state index in [1.165, 1.54) is 0 Å². The monoisotopic (exact) mass is 127 g/mol. The van der Waals surface area contributed by atoms with E-state index >= 15 is 0 Å². The summed E-state index contributed by atoms with van der Waals surface area (Å²) in [7, 11) is 0. The molecule has 1 amide bonds. The van der Waals surface area contributed by atoms with Crippen LogP contribution in [0.2, 0.25) is 0 Å². The predicted octanol–water partition coefficient (Wildman–Crippen LogP) is -1.18. The van der Waals surface area contributed by atoms with Crippen molar-refractivity contribution in [2.24, 2.45) is 0 Å². The van der Waals surface area contributed by atoms with E-state index in [1.807, 2.05) is 11.2 Å². The first kappa shape index (κ1) is 7.50. The lowest BCUT2D eigenvalue weighted by Gasteiger charge is -1.99. The third-order valence-electron chi connectivity index (χ3n) is 0.648. The summed E-state index contributed by atoms with van der Waals surface area (Å²) in [6, 6.07) is -1.21. The summed E-state index contributed by atoms with van der Waals surface area (Å²) in [5.74, 6) is 0.629. The van der Waals surface area contributed by atoms with Crippen LogP contribution in [0.4, 0.5) is 0 Å². The summed E-state index contributed by atoms with van der Waals surface area (Å²) in [4.78, 5) is 19.6. The molecule has 2 N–H and O–H groups in total. The number of hydrogen-bond donors (Lipinski definition) is 2. The zero-order chi connectivity index (χ0) is 7.28. The van der Waals surface area contributed by atoms with E-state index < -0.39 is 12.0 Å². The molecule has 9 heavy (non-hydrogen) atoms. The molecule has 0 aromatic heterocycles. The smallest absolute Gasteiger partial charge is 0.338 e. The van der Waals surface area contributed by atoms with E-state index in [0.717, 1.165) is 0 Å². The van der Waals surface area contributed by atoms with Gasteiger partial charge in [0.2, 0.25) is 6.41 Å². The molecule has 0 saturated carbocycles. The second-order valence-electron chi connectivity index (χ2n) is 1.22. The Bertz CT molecular complexity index is 158. The van der Waals surface area contributed by atoms with E-state index in [0.29, 0.717) is 0 Å². The van der Waals surface area contributed by atoms with Crippen molar-refractivity contribution in [1.29, 1.82) is 0 Å². The lowest BCUT2D eigenvalue weighted by atomic mass is 10.3. The molecular weight excluding hydrogens is 122 g/mol. The highest BCUT2D eigenvalue weighted by Gasteiger charge is 2.10. The summed E-state index contributed by atoms with van der Waals surface area (Å²) in [6.07, 6.45) is 4.96. The van der Waals surface area contributed by atoms with E-state index in [1.54, 1.807) is 0 Å². The zero-order valence-electron chi connectivity index (χ0n) is 4.50. The number of carbonyl (C=O) groups is 2. The van der Waals surface area contributed by atoms with Crippen LogP contribution < -0.4 is 5.32 Å². The minimum Gasteiger partial charge on any atom is -0.479 e. The average molecular weight is 127 g/mol. The highest BCUT2D eigenvalue weighted by molar-refractivity contribution is 5.79. The fourth-order valence-electron chi connectivity index (χ4n) is 0.259. The molecule has 0 aliphatic carbocycles. The number of terminal acetylenes is 1. The van der Waals surface area contributed by atoms with E-state index in [2.05, 4.69) is 0 Å². The normalized spacial score (nSPS) is 11.0. The molecule has 0 radical (unpaired) electrons. The lowest BCUT2D eigenvalue weighted by Crippen LogP contribution is -2.33. The van der Waals surface area contributed by atoms with Gasteiger partial charge in [0.05, 0.1) is 0 Å². The maximum absolute atomic E-state index is 9.96. The van der Waals surface area contributed by atoms with Crippen LogP contribution in [0.1, 0.15) is 0 Å². The molecule has 0 aromatic rings. The molecule has 0 bridgehead atoms. The van der Waals surface area contributed by atoms with Gasteiger partial charge in [0.25, 0.3) is 0 Å². The van der Waals surface area contributed by atoms with Crippen molar-refractivity contribution in [3.05, 3.63) is 0 Å². The molecule has 0 aliphatic rings. The first-order valence-corrected chi connectivity index (χ1v) is 2.11. The van der Waals surface area contributed by atoms with Crippen molar-refractivity contribution >= 4 is 12.4 Å². The van der Waals surface area contributed by atoms with Crippen molar-refractivity contribution in [1.82, 2.24) is 5.32 Å². The maximum Gasteiger partial charge on any atom is 0.338 e. The van der Waals surface area contributed by atoms with E-state index in [-0.39, 0.29) is 6.41 Å². The van der Waals surface area contributed by atoms with Crippen LogP contribution in [0, 0.1) is 12.3 Å². The Morgan fingerprint density at radius 1 is 1.89 bits per heavy atom. The number of carbonyl (C=O) groups excluding carboxylic acids is 1. The van der Waals surface area contributed by atoms with Gasteiger partial charge in [0.15, 0.2) is 6.04 Å². The topological polar surface area (TPSA) is 66.4 Å². The molecule has 1 atom stereocenters. The largest absolute Gasteiger partial charge is 0.479 e. The Labute approximate surface area is 51.9 Å². The quantitative estimate of drug-likeness (QED) is 0.370. The molecule has 0 rings (SSSR count). The minimum atomic E-state index is -1.23. The van der Waals surface area contributed by atoms with E-state index in [4.69, 9.17) is 11.5 Å². The summed E-state index contributed by atoms with van der Waals surface area (Å²) in [6.45, 7) is 0. The Hall–Kier alpha value is -1.50. The Kier molecular flexibility index (Phi) is 2.91. The maximum atomic E-state index is 9.96. The third kappa shape index (κ3) is 2.34. The molecule has 0 saturated heterocycles. The number of amides is 1. The summed E-state index contributed by atoms with van der Waals surface area (Å²) in [5.41, 5.74) is 0. The summed E-state index contributed by atoms with van der Waals surface area (Å²) >= 11 is 0. The van der Waals surface area contributed by atoms with Crippen LogP contribution in [0.3, 0.4) is 0 Å². The number of nitrogens with one attached hydrogen (secondary N) is 1. The van der Waals surface area contributed by atoms with Gasteiger partial charge >= 0.3 is 5.97 Å². The summed E-state index contributed by atoms with van der Waals surface area (Å²) < 4.78 is 0. The molecule has 0 heterocycles. The Balaban J connectivity index is 3.86. The number of aliphatic carboxylic acids is 1. The lowest BCUT2D eigenvalue weighted by molar-refractivity contribution is -0.138. The van der Waals surface area contributed by atoms with Gasteiger partial charge in [-0.05, 0) is 0 Å². The molecule has 1 unspecified atom stereocenters. The van der Waals surface area contributed by atoms with Crippen molar-refractivity contribution in [3.8, 4) is 12.3 Å². The first-order chi connectivity index (χ1) is 4.22. The van der Waals surface area contributed by atoms with Gasteiger partial charge in [-0.15, -0.1) is 6.42 Å². The molecule has 4 nitrogen and oxygen atoms in total. The number of rotatable bonds is 3. The van der Waals surface area contributed by atoms with Gasteiger partial charge in [-0.25, -0.2) is 4.79 Å². The molecule has 0 spiro atoms. The van der Waals surface area contributed by atoms with Crippen molar-refractivity contribution in [3.63, 3.8) is 0 Å². The predicted molar refractivity (Wildman–Crippen MR) is 29.5 cm³/mol. The Morgan fingerprint density at radius 2 is 2.44 bits per heavy atom. The zero-order valence-corrected chi connectivity index (χ0v) is 4.50. The average Bonchev–Trinajstić information content (AvgIpc) is 1.82. The fourth-order valence-corrected chi connectivity index (χ4v) is 0.259. The van der Waals surface area contributed by atoms with Gasteiger partial charge < -0.3 is 10.4 Å². The molecule has 0 aromatic carbocycles. The van der Waals surface area contributed by atoms with Crippen LogP contribution in [0.15, 0.2) is 0 Å². The standard InChI is InChI=1S/C5H5NO3/c1-2-4(5(8)9)6-3-7/h1,3-4H,(H,6,7)(H,8,9). The fraction of sp³-hybridized carbons (Fsp3) is 0.200. The van der Waals surface area contributed by atoms with Gasteiger partial charge in [0, 0.05) is 0 Å². The SMILES string of the molecule is C#CC(NC=O)C(=O)O. The number of carboxylic acid groups (broad SMARTS) is 1. The highest BCUT2D eigenvalue weighted by atomic mass is 16.4. The van der Waals surface area contributed by atoms with Crippen molar-refractivity contribution in [2.75, 3.05) is 0 Å². The first-order valence-electron chi connectivity index (χ1n) is 2.11. The summed E-state index contributed by atoms with van der Waals surface area (Å²) in [5, 5.41) is 10.1. The van der Waals surface area contributed by atoms with Crippen LogP contribution in [-0.4, -0.2) is 23.5 Å². The third-order valence-corrected chi connectivity index (χ3v) is 0.648. The molecule has 0 aliphatic heterocycles. The van der Waals surface area contributed by atoms with Gasteiger partial charge in [-0.2, -0.15) is 0 Å². The molecule has 4 heteroatoms. The van der Waals surface area contributed by atoms with Gasteiger partial charge in [-0.3, -0.25) is 4.79 Å². The van der Waals surface area contributed by atoms with Crippen LogP contribution in [-0.2, 0) is 9.59 Å². The second kappa shape index (κ2) is 3.50. The van der Waals surface area contributed by atoms with Crippen molar-refractivity contribution in [2.45, 2.75) is 6.04 Å². The number of hydrogen-bond acceptors (Lipinski definition) is 2. The molecular formula is C5H5NO3. The van der Waals surface area contributed by atoms with Gasteiger partial charge in [0.1, 0.15) is 0 Å². The minimum absolute atomic E-state index is 0.249. The second-order valence-corrected chi connectivity index (χ2v) is 1.22. The van der Waals surface area contributed by atoms with E-state index in [9.17, 15) is 9.59 Å². The number of carboxylic acids is 1. The highest BCUT2D eigenvalue weighted by Crippen LogP contribution is 1.75. The Morgan fingerprint density at radius 3 is 2.56 bits per heavy atom. The van der Waals surface area contributed by atoms with Crippen LogP contribution >= 0.6 is 0 Å². The van der Waals surface area contributed by atoms with Crippen LogP contribution in [0.25, 0.3) is 0 Å². The van der Waals surface area contributed by atoms with Crippen LogP contribution in [0.5, 0.6) is 0 Å². The molecule has 0 fully saturated rings.